The minimum Gasteiger partial charge on any atom is -0.377 e. The van der Waals surface area contributed by atoms with Crippen LogP contribution in [0.2, 0.25) is 0 Å². The normalized spacial score (nSPS) is 14.4. The Kier molecular flexibility index (Phi) is 3.61. The molecule has 1 aromatic carbocycles. The van der Waals surface area contributed by atoms with Crippen molar-refractivity contribution in [3.05, 3.63) is 60.3 Å². The third-order valence-corrected chi connectivity index (χ3v) is 4.84. The zero-order chi connectivity index (χ0) is 18.4. The lowest BCUT2D eigenvalue weighted by molar-refractivity contribution is -0.00353. The number of nitrogens with zero attached hydrogens (tertiary/aromatic N) is 4. The fourth-order valence-electron chi connectivity index (χ4n) is 3.26. The van der Waals surface area contributed by atoms with Gasteiger partial charge in [0.2, 0.25) is 0 Å². The molecule has 0 unspecified atom stereocenters. The van der Waals surface area contributed by atoms with E-state index in [1.807, 2.05) is 28.8 Å². The molecule has 1 N–H and O–H groups in total. The van der Waals surface area contributed by atoms with Crippen LogP contribution in [0.25, 0.3) is 27.8 Å². The Morgan fingerprint density at radius 3 is 2.96 bits per heavy atom. The first kappa shape index (κ1) is 15.9. The first-order valence-corrected chi connectivity index (χ1v) is 8.76. The van der Waals surface area contributed by atoms with Gasteiger partial charge in [0.15, 0.2) is 5.65 Å². The summed E-state index contributed by atoms with van der Waals surface area (Å²) >= 11 is 0. The van der Waals surface area contributed by atoms with E-state index in [4.69, 9.17) is 4.74 Å². The quantitative estimate of drug-likeness (QED) is 0.607. The zero-order valence-electron chi connectivity index (χ0n) is 14.7. The van der Waals surface area contributed by atoms with E-state index in [2.05, 4.69) is 33.3 Å². The monoisotopic (exact) mass is 359 g/mol. The Morgan fingerprint density at radius 1 is 1.26 bits per heavy atom. The van der Waals surface area contributed by atoms with Gasteiger partial charge in [-0.1, -0.05) is 6.07 Å². The molecule has 0 bridgehead atoms. The van der Waals surface area contributed by atoms with Gasteiger partial charge in [0.25, 0.3) is 5.91 Å². The Bertz CT molecular complexity index is 1180. The number of carbonyl (C=O) groups excluding carboxylic acids is 1. The van der Waals surface area contributed by atoms with Crippen molar-refractivity contribution in [3.8, 4) is 11.3 Å². The molecule has 0 saturated carbocycles. The molecule has 1 amide bonds. The lowest BCUT2D eigenvalue weighted by Crippen LogP contribution is -2.48. The summed E-state index contributed by atoms with van der Waals surface area (Å²) in [6.45, 7) is 3.17. The summed E-state index contributed by atoms with van der Waals surface area (Å²) in [6, 6.07) is 8.17. The van der Waals surface area contributed by atoms with Crippen molar-refractivity contribution in [3.63, 3.8) is 0 Å². The summed E-state index contributed by atoms with van der Waals surface area (Å²) in [4.78, 5) is 25.6. The van der Waals surface area contributed by atoms with E-state index in [9.17, 15) is 4.79 Å². The van der Waals surface area contributed by atoms with Gasteiger partial charge < -0.3 is 10.1 Å². The van der Waals surface area contributed by atoms with Crippen molar-refractivity contribution in [2.24, 2.45) is 0 Å². The van der Waals surface area contributed by atoms with Crippen molar-refractivity contribution in [2.45, 2.75) is 13.0 Å². The van der Waals surface area contributed by atoms with Crippen LogP contribution >= 0.6 is 0 Å². The molecule has 1 aliphatic rings. The second-order valence-electron chi connectivity index (χ2n) is 6.71. The van der Waals surface area contributed by atoms with E-state index >= 15 is 0 Å². The molecule has 27 heavy (non-hydrogen) atoms. The van der Waals surface area contributed by atoms with E-state index < -0.39 is 0 Å². The number of aryl methyl sites for hydroxylation is 1. The third kappa shape index (κ3) is 2.72. The summed E-state index contributed by atoms with van der Waals surface area (Å²) in [7, 11) is 0. The molecular formula is C20H17N5O2. The van der Waals surface area contributed by atoms with Crippen LogP contribution in [0, 0.1) is 6.92 Å². The maximum Gasteiger partial charge on any atom is 0.271 e. The van der Waals surface area contributed by atoms with E-state index in [0.29, 0.717) is 24.6 Å². The number of imidazole rings is 1. The molecule has 4 aromatic rings. The fraction of sp³-hybridized carbons (Fsp3) is 0.200. The van der Waals surface area contributed by atoms with Gasteiger partial charge in [-0.2, -0.15) is 0 Å². The molecule has 5 rings (SSSR count). The topological polar surface area (TPSA) is 81.4 Å². The molecule has 1 fully saturated rings. The van der Waals surface area contributed by atoms with Gasteiger partial charge in [0, 0.05) is 23.3 Å². The van der Waals surface area contributed by atoms with Crippen LogP contribution in [0.4, 0.5) is 0 Å². The number of benzene rings is 1. The Hall–Kier alpha value is -3.32. The molecule has 134 valence electrons. The molecule has 0 aliphatic carbocycles. The lowest BCUT2D eigenvalue weighted by Gasteiger charge is -2.26. The number of hydrogen-bond donors (Lipinski definition) is 1. The van der Waals surface area contributed by atoms with E-state index in [1.54, 1.807) is 18.6 Å². The molecule has 4 heterocycles. The van der Waals surface area contributed by atoms with Crippen LogP contribution < -0.4 is 5.32 Å². The molecule has 1 saturated heterocycles. The number of hydrogen-bond acceptors (Lipinski definition) is 5. The highest BCUT2D eigenvalue weighted by Gasteiger charge is 2.22. The minimum absolute atomic E-state index is 0.0656. The number of aromatic nitrogens is 4. The first-order valence-electron chi connectivity index (χ1n) is 8.76. The van der Waals surface area contributed by atoms with Crippen LogP contribution in [0.3, 0.4) is 0 Å². The highest BCUT2D eigenvalue weighted by molar-refractivity contribution is 5.93. The minimum atomic E-state index is -0.198. The van der Waals surface area contributed by atoms with Crippen molar-refractivity contribution in [2.75, 3.05) is 13.2 Å². The van der Waals surface area contributed by atoms with Gasteiger partial charge in [-0.25, -0.2) is 4.98 Å². The van der Waals surface area contributed by atoms with Crippen LogP contribution in [0.1, 0.15) is 16.1 Å². The zero-order valence-corrected chi connectivity index (χ0v) is 14.7. The van der Waals surface area contributed by atoms with Crippen molar-refractivity contribution in [1.29, 1.82) is 0 Å². The molecule has 3 aromatic heterocycles. The van der Waals surface area contributed by atoms with Crippen LogP contribution in [0.15, 0.2) is 49.1 Å². The molecule has 0 radical (unpaired) electrons. The van der Waals surface area contributed by atoms with Gasteiger partial charge in [-0.05, 0) is 30.7 Å². The molecule has 0 atom stereocenters. The van der Waals surface area contributed by atoms with E-state index in [1.165, 1.54) is 0 Å². The van der Waals surface area contributed by atoms with Crippen molar-refractivity contribution >= 4 is 22.5 Å². The summed E-state index contributed by atoms with van der Waals surface area (Å²) in [5, 5.41) is 4.01. The standard InChI is InChI=1S/C20H17N5O2/c1-12-4-5-22-16-3-2-13(6-15(12)16)18-7-21-8-19-24-17(9-25(18)19)20(26)23-14-10-27-11-14/h2-9,14H,10-11H2,1H3,(H,23,26). The highest BCUT2D eigenvalue weighted by Crippen LogP contribution is 2.25. The second-order valence-corrected chi connectivity index (χ2v) is 6.71. The van der Waals surface area contributed by atoms with Crippen molar-refractivity contribution < 1.29 is 9.53 Å². The Balaban J connectivity index is 1.59. The van der Waals surface area contributed by atoms with Gasteiger partial charge in [-0.15, -0.1) is 0 Å². The molecule has 7 nitrogen and oxygen atoms in total. The smallest absolute Gasteiger partial charge is 0.271 e. The van der Waals surface area contributed by atoms with Gasteiger partial charge in [0.05, 0.1) is 42.9 Å². The predicted molar refractivity (Wildman–Crippen MR) is 101 cm³/mol. The summed E-state index contributed by atoms with van der Waals surface area (Å²) in [6.07, 6.45) is 7.00. The highest BCUT2D eigenvalue weighted by atomic mass is 16.5. The van der Waals surface area contributed by atoms with Gasteiger partial charge >= 0.3 is 0 Å². The maximum atomic E-state index is 12.4. The van der Waals surface area contributed by atoms with E-state index in [-0.39, 0.29) is 11.9 Å². The largest absolute Gasteiger partial charge is 0.377 e. The molecule has 0 spiro atoms. The summed E-state index contributed by atoms with van der Waals surface area (Å²) < 4.78 is 6.99. The number of rotatable bonds is 3. The molecule has 7 heteroatoms. The van der Waals surface area contributed by atoms with Gasteiger partial charge in [0.1, 0.15) is 5.69 Å². The van der Waals surface area contributed by atoms with E-state index in [0.717, 1.165) is 27.7 Å². The van der Waals surface area contributed by atoms with Crippen LogP contribution in [-0.2, 0) is 4.74 Å². The second kappa shape index (κ2) is 6.14. The fourth-order valence-corrected chi connectivity index (χ4v) is 3.26. The maximum absolute atomic E-state index is 12.4. The van der Waals surface area contributed by atoms with Crippen LogP contribution in [0.5, 0.6) is 0 Å². The van der Waals surface area contributed by atoms with Crippen LogP contribution in [-0.4, -0.2) is 44.5 Å². The third-order valence-electron chi connectivity index (χ3n) is 4.84. The lowest BCUT2D eigenvalue weighted by atomic mass is 10.1. The number of amides is 1. The average Bonchev–Trinajstić information content (AvgIpc) is 3.09. The molecular weight excluding hydrogens is 342 g/mol. The predicted octanol–water partition coefficient (Wildman–Crippen LogP) is 2.38. The SMILES string of the molecule is Cc1ccnc2ccc(-c3cncc4nc(C(=O)NC5COC5)cn34)cc12. The molecule has 1 aliphatic heterocycles. The Labute approximate surface area is 155 Å². The number of pyridine rings is 1. The summed E-state index contributed by atoms with van der Waals surface area (Å²) in [5.41, 5.74) is 4.98. The number of fused-ring (bicyclic) bond motifs is 2. The number of nitrogens with one attached hydrogen (secondary N) is 1. The number of carbonyl (C=O) groups is 1. The average molecular weight is 359 g/mol. The van der Waals surface area contributed by atoms with Crippen molar-refractivity contribution in [1.82, 2.24) is 24.7 Å². The first-order chi connectivity index (χ1) is 13.2. The number of ether oxygens (including phenoxy) is 1. The Morgan fingerprint density at radius 2 is 2.15 bits per heavy atom. The van der Waals surface area contributed by atoms with Gasteiger partial charge in [-0.3, -0.25) is 19.2 Å². The summed E-state index contributed by atoms with van der Waals surface area (Å²) in [5.74, 6) is -0.198.